The van der Waals surface area contributed by atoms with Gasteiger partial charge in [-0.2, -0.15) is 15.0 Å². The number of aromatic nitrogens is 5. The van der Waals surface area contributed by atoms with Crippen LogP contribution >= 0.6 is 0 Å². The summed E-state index contributed by atoms with van der Waals surface area (Å²) >= 11 is 0. The summed E-state index contributed by atoms with van der Waals surface area (Å²) in [6, 6.07) is 3.62. The molecular weight excluding hydrogens is 448 g/mol. The highest BCUT2D eigenvalue weighted by atomic mass is 16.5. The first kappa shape index (κ1) is 21.7. The fourth-order valence-electron chi connectivity index (χ4n) is 4.72. The third kappa shape index (κ3) is 3.37. The van der Waals surface area contributed by atoms with E-state index < -0.39 is 5.54 Å². The van der Waals surface area contributed by atoms with E-state index >= 15 is 0 Å². The zero-order valence-corrected chi connectivity index (χ0v) is 19.8. The third-order valence-electron chi connectivity index (χ3n) is 6.97. The highest BCUT2D eigenvalue weighted by Gasteiger charge is 2.52. The second kappa shape index (κ2) is 7.84. The molecule has 2 fully saturated rings. The molecule has 1 aliphatic carbocycles. The highest BCUT2D eigenvalue weighted by molar-refractivity contribution is 6.03. The molecule has 3 aliphatic rings. The van der Waals surface area contributed by atoms with Gasteiger partial charge in [0, 0.05) is 50.5 Å². The van der Waals surface area contributed by atoms with Crippen molar-refractivity contribution in [2.45, 2.75) is 31.7 Å². The summed E-state index contributed by atoms with van der Waals surface area (Å²) in [7, 11) is 3.81. The Morgan fingerprint density at radius 2 is 2.00 bits per heavy atom. The summed E-state index contributed by atoms with van der Waals surface area (Å²) in [6.45, 7) is 2.80. The Hall–Kier alpha value is -3.86. The number of pyridine rings is 2. The number of likely N-dealkylation sites (N-methyl/N-ethyl adjacent to an activating group) is 1. The number of hydrogen-bond acceptors (Lipinski definition) is 9. The molecule has 1 saturated carbocycles. The Morgan fingerprint density at radius 3 is 2.69 bits per heavy atom. The molecule has 5 heterocycles. The van der Waals surface area contributed by atoms with Crippen molar-refractivity contribution in [2.75, 3.05) is 35.8 Å². The van der Waals surface area contributed by atoms with Crippen LogP contribution in [-0.4, -0.2) is 56.9 Å². The first-order valence-electron chi connectivity index (χ1n) is 11.7. The monoisotopic (exact) mass is 474 g/mol. The van der Waals surface area contributed by atoms with E-state index in [1.807, 2.05) is 20.2 Å². The molecule has 1 amide bonds. The number of aryl methyl sites for hydroxylation is 1. The topological polar surface area (TPSA) is 127 Å². The van der Waals surface area contributed by atoms with E-state index in [0.717, 1.165) is 35.5 Å². The molecular formula is C24H26N8O3. The van der Waals surface area contributed by atoms with Gasteiger partial charge in [-0.15, -0.1) is 0 Å². The van der Waals surface area contributed by atoms with Crippen molar-refractivity contribution in [3.8, 4) is 11.3 Å². The molecule has 180 valence electrons. The number of amides is 1. The number of nitrogens with one attached hydrogen (secondary N) is 2. The number of ether oxygens (including phenoxy) is 1. The third-order valence-corrected chi connectivity index (χ3v) is 6.97. The van der Waals surface area contributed by atoms with E-state index in [1.165, 1.54) is 6.20 Å². The fraction of sp³-hybridized carbons (Fsp3) is 0.417. The summed E-state index contributed by atoms with van der Waals surface area (Å²) in [5.41, 5.74) is 3.97. The van der Waals surface area contributed by atoms with E-state index in [4.69, 9.17) is 4.74 Å². The van der Waals surface area contributed by atoms with Crippen LogP contribution in [0.2, 0.25) is 0 Å². The second-order valence-corrected chi connectivity index (χ2v) is 9.31. The van der Waals surface area contributed by atoms with Gasteiger partial charge in [0.25, 0.3) is 0 Å². The van der Waals surface area contributed by atoms with Gasteiger partial charge in [0.05, 0.1) is 30.2 Å². The fourth-order valence-corrected chi connectivity index (χ4v) is 4.72. The van der Waals surface area contributed by atoms with Crippen LogP contribution in [0.4, 0.5) is 23.0 Å². The molecule has 2 N–H and O–H groups in total. The average molecular weight is 475 g/mol. The van der Waals surface area contributed by atoms with E-state index in [0.29, 0.717) is 42.5 Å². The molecule has 0 atom stereocenters. The van der Waals surface area contributed by atoms with Crippen LogP contribution in [0, 0.1) is 5.92 Å². The minimum absolute atomic E-state index is 0.0451. The summed E-state index contributed by atoms with van der Waals surface area (Å²) in [4.78, 5) is 37.7. The molecule has 0 bridgehead atoms. The number of anilines is 4. The zero-order valence-electron chi connectivity index (χ0n) is 19.8. The van der Waals surface area contributed by atoms with Crippen LogP contribution in [-0.2, 0) is 22.1 Å². The SMILES string of the molecule is CCC(=O)c1cnc(NC(=O)C2CC2)cc1Nc1nccc2c1N(C)C1(COC1)c1nn(C)nc1-2. The van der Waals surface area contributed by atoms with Crippen LogP contribution in [0.15, 0.2) is 24.5 Å². The van der Waals surface area contributed by atoms with Gasteiger partial charge in [0.2, 0.25) is 5.91 Å². The van der Waals surface area contributed by atoms with Gasteiger partial charge in [-0.05, 0) is 18.9 Å². The molecule has 2 aliphatic heterocycles. The van der Waals surface area contributed by atoms with Crippen LogP contribution in [0.1, 0.15) is 42.2 Å². The van der Waals surface area contributed by atoms with Gasteiger partial charge in [-0.25, -0.2) is 9.97 Å². The lowest BCUT2D eigenvalue weighted by molar-refractivity contribution is -0.117. The molecule has 11 nitrogen and oxygen atoms in total. The minimum atomic E-state index is -0.431. The quantitative estimate of drug-likeness (QED) is 0.518. The molecule has 0 radical (unpaired) electrons. The van der Waals surface area contributed by atoms with Gasteiger partial charge in [0.15, 0.2) is 11.6 Å². The first-order chi connectivity index (χ1) is 16.9. The molecule has 0 aromatic carbocycles. The summed E-state index contributed by atoms with van der Waals surface area (Å²) in [5, 5.41) is 15.5. The minimum Gasteiger partial charge on any atom is -0.376 e. The lowest BCUT2D eigenvalue weighted by Gasteiger charge is -2.50. The largest absolute Gasteiger partial charge is 0.376 e. The average Bonchev–Trinajstić information content (AvgIpc) is 3.59. The summed E-state index contributed by atoms with van der Waals surface area (Å²) in [5.74, 6) is 0.913. The van der Waals surface area contributed by atoms with E-state index in [1.54, 1.807) is 24.0 Å². The Morgan fingerprint density at radius 1 is 1.20 bits per heavy atom. The molecule has 1 spiro atoms. The number of Topliss-reactive ketones (excluding diaryl/α,β-unsaturated/α-hetero) is 1. The normalized spacial score (nSPS) is 17.4. The molecule has 11 heteroatoms. The van der Waals surface area contributed by atoms with Crippen molar-refractivity contribution in [3.05, 3.63) is 35.8 Å². The van der Waals surface area contributed by atoms with Crippen molar-refractivity contribution in [1.82, 2.24) is 25.0 Å². The lowest BCUT2D eigenvalue weighted by Crippen LogP contribution is -2.60. The Labute approximate surface area is 201 Å². The van der Waals surface area contributed by atoms with Crippen molar-refractivity contribution in [1.29, 1.82) is 0 Å². The molecule has 35 heavy (non-hydrogen) atoms. The maximum absolute atomic E-state index is 12.7. The van der Waals surface area contributed by atoms with Crippen LogP contribution in [0.5, 0.6) is 0 Å². The number of hydrogen-bond donors (Lipinski definition) is 2. The van der Waals surface area contributed by atoms with E-state index in [2.05, 4.69) is 35.7 Å². The van der Waals surface area contributed by atoms with E-state index in [9.17, 15) is 9.59 Å². The predicted octanol–water partition coefficient (Wildman–Crippen LogP) is 2.63. The number of ketones is 1. The first-order valence-corrected chi connectivity index (χ1v) is 11.7. The maximum Gasteiger partial charge on any atom is 0.228 e. The predicted molar refractivity (Wildman–Crippen MR) is 129 cm³/mol. The van der Waals surface area contributed by atoms with Gasteiger partial charge < -0.3 is 20.3 Å². The number of carbonyl (C=O) groups excluding carboxylic acids is 2. The Balaban J connectivity index is 1.44. The van der Waals surface area contributed by atoms with Crippen LogP contribution in [0.3, 0.4) is 0 Å². The van der Waals surface area contributed by atoms with Gasteiger partial charge in [-0.1, -0.05) is 6.92 Å². The number of fused-ring (bicyclic) bond motifs is 4. The highest BCUT2D eigenvalue weighted by Crippen LogP contribution is 2.51. The maximum atomic E-state index is 12.7. The second-order valence-electron chi connectivity index (χ2n) is 9.31. The number of rotatable bonds is 6. The summed E-state index contributed by atoms with van der Waals surface area (Å²) in [6.07, 6.45) is 5.34. The Kier molecular flexibility index (Phi) is 4.85. The number of nitrogens with zero attached hydrogens (tertiary/aromatic N) is 6. The van der Waals surface area contributed by atoms with Crippen molar-refractivity contribution in [2.24, 2.45) is 13.0 Å². The van der Waals surface area contributed by atoms with Crippen molar-refractivity contribution < 1.29 is 14.3 Å². The van der Waals surface area contributed by atoms with Crippen molar-refractivity contribution in [3.63, 3.8) is 0 Å². The standard InChI is InChI=1S/C24H26N8O3/c1-4-17(33)15-10-26-18(28-23(34)13-5-6-13)9-16(15)27-22-20-14(7-8-25-22)19-21(30-32(3)29-19)24(31(20)2)11-35-12-24/h7-10,13H,4-6,11-12H2,1-3H3,(H2,25,26,27,28,34). The molecule has 1 saturated heterocycles. The summed E-state index contributed by atoms with van der Waals surface area (Å²) < 4.78 is 5.61. The zero-order chi connectivity index (χ0) is 24.3. The van der Waals surface area contributed by atoms with Gasteiger partial charge in [0.1, 0.15) is 22.7 Å². The molecule has 3 aromatic heterocycles. The molecule has 6 rings (SSSR count). The van der Waals surface area contributed by atoms with Gasteiger partial charge in [-0.3, -0.25) is 9.59 Å². The molecule has 0 unspecified atom stereocenters. The molecule has 3 aromatic rings. The van der Waals surface area contributed by atoms with Gasteiger partial charge >= 0.3 is 0 Å². The van der Waals surface area contributed by atoms with Crippen molar-refractivity contribution >= 4 is 34.7 Å². The smallest absolute Gasteiger partial charge is 0.228 e. The lowest BCUT2D eigenvalue weighted by atomic mass is 9.83. The van der Waals surface area contributed by atoms with E-state index in [-0.39, 0.29) is 17.6 Å². The van der Waals surface area contributed by atoms with Crippen LogP contribution in [0.25, 0.3) is 11.3 Å². The van der Waals surface area contributed by atoms with Crippen LogP contribution < -0.4 is 15.5 Å². The number of carbonyl (C=O) groups is 2. The Bertz CT molecular complexity index is 1360.